The molecule has 1 atom stereocenters. The summed E-state index contributed by atoms with van der Waals surface area (Å²) in [6.07, 6.45) is 10.4. The predicted octanol–water partition coefficient (Wildman–Crippen LogP) is 6.97. The molecule has 1 aromatic heterocycles. The average Bonchev–Trinajstić information content (AvgIpc) is 3.83. The van der Waals surface area contributed by atoms with E-state index in [1.807, 2.05) is 30.3 Å². The molecular weight excluding hydrogens is 588 g/mol. The van der Waals surface area contributed by atoms with Crippen LogP contribution in [0.25, 0.3) is 21.5 Å². The van der Waals surface area contributed by atoms with E-state index in [9.17, 15) is 9.59 Å². The highest BCUT2D eigenvalue weighted by atomic mass is 79.9. The maximum Gasteiger partial charge on any atom is 0.272 e. The largest absolute Gasteiger partial charge is 0.331 e. The van der Waals surface area contributed by atoms with E-state index < -0.39 is 5.41 Å². The fourth-order valence-electron chi connectivity index (χ4n) is 6.57. The van der Waals surface area contributed by atoms with E-state index in [2.05, 4.69) is 80.9 Å². The number of hydrogen-bond acceptors (Lipinski definition) is 4. The smallest absolute Gasteiger partial charge is 0.272 e. The van der Waals surface area contributed by atoms with Crippen LogP contribution < -0.4 is 11.3 Å². The Labute approximate surface area is 254 Å². The molecule has 3 aromatic carbocycles. The molecule has 1 unspecified atom stereocenters. The van der Waals surface area contributed by atoms with E-state index in [0.717, 1.165) is 58.5 Å². The first kappa shape index (κ1) is 28.3. The van der Waals surface area contributed by atoms with Crippen LogP contribution in [0.15, 0.2) is 99.8 Å². The minimum atomic E-state index is -0.636. The minimum Gasteiger partial charge on any atom is -0.331 e. The van der Waals surface area contributed by atoms with E-state index in [0.29, 0.717) is 23.0 Å². The maximum atomic E-state index is 14.9. The molecule has 0 aliphatic heterocycles. The molecule has 1 saturated carbocycles. The van der Waals surface area contributed by atoms with E-state index in [1.165, 1.54) is 11.1 Å². The lowest BCUT2D eigenvalue weighted by molar-refractivity contribution is -0.136. The standard InChI is InChI=1S/C35H35BrN4O2/c1-3-4-8-23-9-7-12-32(22(23)2)40(21-24-13-16-30(36)27-11-6-5-10-26(24)27)34(42)35(17-18-35)25-14-15-28-29(19-25)31(20-37)38-39-33(28)41/h3-6,8,10-11,13-16,19,32H,1,7,9,12,17-18,20-21,37H2,2H3,(H,39,41)/b8-4-. The van der Waals surface area contributed by atoms with E-state index in [4.69, 9.17) is 5.73 Å². The Balaban J connectivity index is 1.47. The van der Waals surface area contributed by atoms with Crippen LogP contribution in [0.4, 0.5) is 0 Å². The summed E-state index contributed by atoms with van der Waals surface area (Å²) in [5.74, 6) is 0.138. The van der Waals surface area contributed by atoms with Crippen molar-refractivity contribution in [2.75, 3.05) is 0 Å². The highest BCUT2D eigenvalue weighted by Crippen LogP contribution is 2.51. The van der Waals surface area contributed by atoms with Gasteiger partial charge < -0.3 is 10.6 Å². The Kier molecular flexibility index (Phi) is 7.73. The third kappa shape index (κ3) is 4.95. The monoisotopic (exact) mass is 622 g/mol. The van der Waals surface area contributed by atoms with Gasteiger partial charge in [-0.2, -0.15) is 5.10 Å². The van der Waals surface area contributed by atoms with Crippen molar-refractivity contribution < 1.29 is 4.79 Å². The highest BCUT2D eigenvalue weighted by Gasteiger charge is 2.54. The molecule has 0 bridgehead atoms. The van der Waals surface area contributed by atoms with Crippen molar-refractivity contribution in [2.24, 2.45) is 5.73 Å². The van der Waals surface area contributed by atoms with E-state index >= 15 is 0 Å². The summed E-state index contributed by atoms with van der Waals surface area (Å²) < 4.78 is 1.04. The molecule has 6 rings (SSSR count). The Morgan fingerprint density at radius 1 is 1.14 bits per heavy atom. The van der Waals surface area contributed by atoms with Gasteiger partial charge >= 0.3 is 0 Å². The summed E-state index contributed by atoms with van der Waals surface area (Å²) in [6.45, 7) is 6.73. The fraction of sp³-hybridized carbons (Fsp3) is 0.286. The van der Waals surface area contributed by atoms with Gasteiger partial charge in [0, 0.05) is 22.9 Å². The summed E-state index contributed by atoms with van der Waals surface area (Å²) in [6, 6.07) is 18.3. The molecule has 0 spiro atoms. The highest BCUT2D eigenvalue weighted by molar-refractivity contribution is 9.10. The van der Waals surface area contributed by atoms with Gasteiger partial charge in [0.1, 0.15) is 0 Å². The van der Waals surface area contributed by atoms with E-state index in [1.54, 1.807) is 6.08 Å². The third-order valence-electron chi connectivity index (χ3n) is 9.08. The number of aromatic nitrogens is 2. The second kappa shape index (κ2) is 11.5. The summed E-state index contributed by atoms with van der Waals surface area (Å²) in [5, 5.41) is 10.2. The van der Waals surface area contributed by atoms with Crippen LogP contribution in [0.5, 0.6) is 0 Å². The number of amides is 1. The van der Waals surface area contributed by atoms with Gasteiger partial charge in [-0.05, 0) is 90.3 Å². The van der Waals surface area contributed by atoms with Gasteiger partial charge in [0.05, 0.1) is 22.5 Å². The molecule has 2 aliphatic carbocycles. The summed E-state index contributed by atoms with van der Waals surface area (Å²) in [5.41, 5.74) is 10.3. The zero-order chi connectivity index (χ0) is 29.4. The Morgan fingerprint density at radius 3 is 2.67 bits per heavy atom. The minimum absolute atomic E-state index is 0.0137. The van der Waals surface area contributed by atoms with Gasteiger partial charge in [0.2, 0.25) is 5.91 Å². The molecule has 214 valence electrons. The van der Waals surface area contributed by atoms with Crippen LogP contribution in [0.1, 0.15) is 55.8 Å². The van der Waals surface area contributed by atoms with Crippen LogP contribution in [-0.2, 0) is 23.3 Å². The molecule has 4 aromatic rings. The Bertz CT molecular complexity index is 1830. The molecule has 1 fully saturated rings. The second-order valence-electron chi connectivity index (χ2n) is 11.4. The second-order valence-corrected chi connectivity index (χ2v) is 12.3. The number of nitrogens with one attached hydrogen (secondary N) is 1. The summed E-state index contributed by atoms with van der Waals surface area (Å²) in [4.78, 5) is 29.5. The van der Waals surface area contributed by atoms with Crippen LogP contribution >= 0.6 is 15.9 Å². The first-order valence-corrected chi connectivity index (χ1v) is 15.3. The number of H-pyrrole nitrogens is 1. The van der Waals surface area contributed by atoms with Crippen molar-refractivity contribution in [3.8, 4) is 0 Å². The molecule has 0 saturated heterocycles. The first-order chi connectivity index (χ1) is 20.4. The number of rotatable bonds is 8. The Hall–Kier alpha value is -3.81. The number of nitrogens with two attached hydrogens (primary N) is 1. The average molecular weight is 624 g/mol. The molecular formula is C35H35BrN4O2. The predicted molar refractivity (Wildman–Crippen MR) is 173 cm³/mol. The molecule has 3 N–H and O–H groups in total. The number of carbonyl (C=O) groups excluding carboxylic acids is 1. The van der Waals surface area contributed by atoms with Gasteiger partial charge in [0.25, 0.3) is 5.56 Å². The number of benzene rings is 3. The van der Waals surface area contributed by atoms with Crippen LogP contribution in [0.2, 0.25) is 0 Å². The maximum absolute atomic E-state index is 14.9. The number of carbonyl (C=O) groups is 1. The van der Waals surface area contributed by atoms with Crippen molar-refractivity contribution in [2.45, 2.75) is 63.6 Å². The zero-order valence-corrected chi connectivity index (χ0v) is 25.4. The summed E-state index contributed by atoms with van der Waals surface area (Å²) in [7, 11) is 0. The lowest BCUT2D eigenvalue weighted by atomic mass is 9.85. The number of hydrogen-bond donors (Lipinski definition) is 2. The van der Waals surface area contributed by atoms with Crippen molar-refractivity contribution in [1.82, 2.24) is 15.1 Å². The number of aromatic amines is 1. The number of fused-ring (bicyclic) bond motifs is 2. The normalized spacial score (nSPS) is 18.1. The van der Waals surface area contributed by atoms with Crippen LogP contribution in [-0.4, -0.2) is 27.0 Å². The van der Waals surface area contributed by atoms with Crippen molar-refractivity contribution in [1.29, 1.82) is 0 Å². The Morgan fingerprint density at radius 2 is 1.93 bits per heavy atom. The number of allylic oxidation sites excluding steroid dienone is 4. The third-order valence-corrected chi connectivity index (χ3v) is 9.77. The fourth-order valence-corrected chi connectivity index (χ4v) is 7.05. The van der Waals surface area contributed by atoms with Gasteiger partial charge in [0.15, 0.2) is 0 Å². The number of halogens is 1. The van der Waals surface area contributed by atoms with E-state index in [-0.39, 0.29) is 24.1 Å². The SMILES string of the molecule is C=C/C=C\C1=C(C)C(N(Cc2ccc(Br)c3ccccc23)C(=O)C2(c3ccc4c(=O)[nH]nc(CN)c4c3)CC2)CCC1. The van der Waals surface area contributed by atoms with Crippen molar-refractivity contribution in [3.63, 3.8) is 0 Å². The lowest BCUT2D eigenvalue weighted by Gasteiger charge is -2.39. The van der Waals surface area contributed by atoms with Crippen LogP contribution in [0.3, 0.4) is 0 Å². The zero-order valence-electron chi connectivity index (χ0n) is 23.8. The molecule has 42 heavy (non-hydrogen) atoms. The van der Waals surface area contributed by atoms with Crippen molar-refractivity contribution in [3.05, 3.63) is 122 Å². The molecule has 6 nitrogen and oxygen atoms in total. The molecule has 2 aliphatic rings. The van der Waals surface area contributed by atoms with Gasteiger partial charge in [-0.25, -0.2) is 5.10 Å². The molecule has 0 radical (unpaired) electrons. The van der Waals surface area contributed by atoms with Gasteiger partial charge in [-0.1, -0.05) is 77.1 Å². The number of nitrogens with zero attached hydrogens (tertiary/aromatic N) is 2. The molecule has 1 heterocycles. The topological polar surface area (TPSA) is 92.1 Å². The molecule has 1 amide bonds. The van der Waals surface area contributed by atoms with Crippen molar-refractivity contribution >= 4 is 43.4 Å². The quantitative estimate of drug-likeness (QED) is 0.208. The molecule has 7 heteroatoms. The van der Waals surface area contributed by atoms with Crippen LogP contribution in [0, 0.1) is 0 Å². The lowest BCUT2D eigenvalue weighted by Crippen LogP contribution is -2.46. The van der Waals surface area contributed by atoms with Gasteiger partial charge in [-0.3, -0.25) is 9.59 Å². The summed E-state index contributed by atoms with van der Waals surface area (Å²) >= 11 is 3.71. The van der Waals surface area contributed by atoms with Gasteiger partial charge in [-0.15, -0.1) is 0 Å². The first-order valence-electron chi connectivity index (χ1n) is 14.6.